The van der Waals surface area contributed by atoms with Crippen LogP contribution in [0.2, 0.25) is 0 Å². The Morgan fingerprint density at radius 2 is 1.67 bits per heavy atom. The summed E-state index contributed by atoms with van der Waals surface area (Å²) in [6.07, 6.45) is 0.182. The number of sulfonamides is 1. The molecule has 11 heteroatoms. The molecule has 3 N–H and O–H groups in total. The number of anilines is 3. The number of aryl methyl sites for hydroxylation is 1. The van der Waals surface area contributed by atoms with Crippen molar-refractivity contribution in [3.05, 3.63) is 71.1 Å². The highest BCUT2D eigenvalue weighted by atomic mass is 32.2. The number of hydrazone groups is 1. The third-order valence-electron chi connectivity index (χ3n) is 4.86. The molecule has 0 radical (unpaired) electrons. The van der Waals surface area contributed by atoms with Crippen LogP contribution in [0.25, 0.3) is 0 Å². The van der Waals surface area contributed by atoms with Gasteiger partial charge in [0.15, 0.2) is 0 Å². The fourth-order valence-corrected chi connectivity index (χ4v) is 5.38. The van der Waals surface area contributed by atoms with E-state index in [9.17, 15) is 18.0 Å². The molecule has 1 aromatic heterocycles. The van der Waals surface area contributed by atoms with E-state index in [1.807, 2.05) is 36.0 Å². The van der Waals surface area contributed by atoms with Crippen LogP contribution >= 0.6 is 11.3 Å². The molecule has 0 bridgehead atoms. The Kier molecular flexibility index (Phi) is 6.16. The molecule has 0 aliphatic carbocycles. The van der Waals surface area contributed by atoms with Crippen molar-refractivity contribution in [1.82, 2.24) is 4.72 Å². The zero-order valence-electron chi connectivity index (χ0n) is 17.8. The van der Waals surface area contributed by atoms with Gasteiger partial charge in [-0.3, -0.25) is 4.79 Å². The van der Waals surface area contributed by atoms with Crippen molar-refractivity contribution in [3.63, 3.8) is 0 Å². The summed E-state index contributed by atoms with van der Waals surface area (Å²) in [4.78, 5) is 25.5. The van der Waals surface area contributed by atoms with Crippen LogP contribution in [0, 0.1) is 6.92 Å². The summed E-state index contributed by atoms with van der Waals surface area (Å²) in [7, 11) is -2.11. The van der Waals surface area contributed by atoms with Gasteiger partial charge in [-0.15, -0.1) is 11.3 Å². The Hall–Kier alpha value is -3.70. The number of thiophene rings is 1. The maximum absolute atomic E-state index is 12.5. The minimum atomic E-state index is -3.94. The van der Waals surface area contributed by atoms with Crippen molar-refractivity contribution >= 4 is 56.1 Å². The van der Waals surface area contributed by atoms with E-state index < -0.39 is 16.1 Å². The van der Waals surface area contributed by atoms with E-state index in [1.165, 1.54) is 11.1 Å². The molecule has 0 atom stereocenters. The average Bonchev–Trinajstić information content (AvgIpc) is 3.40. The van der Waals surface area contributed by atoms with Crippen molar-refractivity contribution in [3.8, 4) is 0 Å². The number of amides is 3. The first-order valence-corrected chi connectivity index (χ1v) is 12.2. The second-order valence-corrected chi connectivity index (χ2v) is 10.4. The number of carbonyl (C=O) groups is 2. The molecule has 4 rings (SSSR count). The lowest BCUT2D eigenvalue weighted by molar-refractivity contribution is -0.116. The first-order valence-electron chi connectivity index (χ1n) is 9.94. The lowest BCUT2D eigenvalue weighted by Gasteiger charge is -2.13. The summed E-state index contributed by atoms with van der Waals surface area (Å²) in [6, 6.07) is 16.3. The van der Waals surface area contributed by atoms with Gasteiger partial charge < -0.3 is 10.6 Å². The van der Waals surface area contributed by atoms with Crippen LogP contribution in [0.1, 0.15) is 16.9 Å². The summed E-state index contributed by atoms with van der Waals surface area (Å²) in [5, 5.41) is 11.3. The molecule has 3 amide bonds. The van der Waals surface area contributed by atoms with Crippen molar-refractivity contribution in [2.45, 2.75) is 17.6 Å². The molecule has 170 valence electrons. The smallest absolute Gasteiger partial charge is 0.333 e. The summed E-state index contributed by atoms with van der Waals surface area (Å²) < 4.78 is 26.6. The average molecular weight is 484 g/mol. The minimum absolute atomic E-state index is 0.0623. The van der Waals surface area contributed by atoms with Crippen LogP contribution in [-0.4, -0.2) is 33.1 Å². The molecule has 9 nitrogen and oxygen atoms in total. The van der Waals surface area contributed by atoms with E-state index in [-0.39, 0.29) is 16.5 Å². The molecule has 0 saturated heterocycles. The molecule has 0 spiro atoms. The lowest BCUT2D eigenvalue weighted by Crippen LogP contribution is -2.33. The van der Waals surface area contributed by atoms with Gasteiger partial charge in [0.05, 0.1) is 17.8 Å². The van der Waals surface area contributed by atoms with Crippen molar-refractivity contribution < 1.29 is 18.0 Å². The number of nitrogens with zero attached hydrogens (tertiary/aromatic N) is 2. The zero-order chi connectivity index (χ0) is 23.6. The van der Waals surface area contributed by atoms with Crippen LogP contribution < -0.4 is 20.4 Å². The van der Waals surface area contributed by atoms with E-state index in [2.05, 4.69) is 15.7 Å². The van der Waals surface area contributed by atoms with Crippen LogP contribution in [0.5, 0.6) is 0 Å². The Morgan fingerprint density at radius 3 is 2.27 bits per heavy atom. The molecule has 2 heterocycles. The first-order chi connectivity index (χ1) is 15.7. The summed E-state index contributed by atoms with van der Waals surface area (Å²) in [5.41, 5.74) is 3.40. The highest BCUT2D eigenvalue weighted by Crippen LogP contribution is 2.25. The van der Waals surface area contributed by atoms with Gasteiger partial charge in [0.2, 0.25) is 0 Å². The van der Waals surface area contributed by atoms with Crippen LogP contribution in [0.4, 0.5) is 21.9 Å². The Labute approximate surface area is 195 Å². The van der Waals surface area contributed by atoms with E-state index in [4.69, 9.17) is 0 Å². The summed E-state index contributed by atoms with van der Waals surface area (Å²) in [5.74, 6) is -0.168. The number of rotatable bonds is 6. The van der Waals surface area contributed by atoms with Gasteiger partial charge >= 0.3 is 6.03 Å². The predicted octanol–water partition coefficient (Wildman–Crippen LogP) is 3.75. The molecular weight excluding hydrogens is 462 g/mol. The fourth-order valence-electron chi connectivity index (χ4n) is 3.19. The molecular formula is C22H21N5O4S2. The molecule has 33 heavy (non-hydrogen) atoms. The monoisotopic (exact) mass is 483 g/mol. The van der Waals surface area contributed by atoms with Gasteiger partial charge in [0.1, 0.15) is 4.21 Å². The topological polar surface area (TPSA) is 120 Å². The molecule has 1 aliphatic rings. The number of benzene rings is 2. The van der Waals surface area contributed by atoms with E-state index in [0.29, 0.717) is 17.1 Å². The van der Waals surface area contributed by atoms with Crippen LogP contribution in [0.3, 0.4) is 0 Å². The quantitative estimate of drug-likeness (QED) is 0.493. The van der Waals surface area contributed by atoms with Gasteiger partial charge in [-0.25, -0.2) is 22.9 Å². The SMILES string of the molecule is CNc1ccc(C2=NN(c3ccc(NC(=O)NS(=O)(=O)c4ccc(C)s4)cc3)C(=O)C2)cc1. The number of hydrogen-bond donors (Lipinski definition) is 3. The normalized spacial score (nSPS) is 13.6. The maximum Gasteiger partial charge on any atom is 0.333 e. The predicted molar refractivity (Wildman–Crippen MR) is 129 cm³/mol. The highest BCUT2D eigenvalue weighted by molar-refractivity contribution is 7.92. The van der Waals surface area contributed by atoms with Crippen LogP contribution in [0.15, 0.2) is 70.0 Å². The molecule has 1 aliphatic heterocycles. The first kappa shape index (κ1) is 22.5. The number of carbonyl (C=O) groups excluding carboxylic acids is 2. The molecule has 0 unspecified atom stereocenters. The van der Waals surface area contributed by atoms with Gasteiger partial charge in [-0.2, -0.15) is 5.10 Å². The summed E-state index contributed by atoms with van der Waals surface area (Å²) >= 11 is 1.08. The van der Waals surface area contributed by atoms with Gasteiger partial charge in [0, 0.05) is 23.3 Å². The maximum atomic E-state index is 12.5. The van der Waals surface area contributed by atoms with E-state index in [1.54, 1.807) is 37.3 Å². The molecule has 3 aromatic rings. The Balaban J connectivity index is 1.42. The van der Waals surface area contributed by atoms with Gasteiger partial charge in [-0.1, -0.05) is 12.1 Å². The van der Waals surface area contributed by atoms with Crippen molar-refractivity contribution in [1.29, 1.82) is 0 Å². The third kappa shape index (κ3) is 5.04. The molecule has 0 saturated carbocycles. The largest absolute Gasteiger partial charge is 0.388 e. The van der Waals surface area contributed by atoms with Gasteiger partial charge in [-0.05, 0) is 61.0 Å². The zero-order valence-corrected chi connectivity index (χ0v) is 19.5. The van der Waals surface area contributed by atoms with E-state index in [0.717, 1.165) is 27.5 Å². The van der Waals surface area contributed by atoms with Crippen LogP contribution in [-0.2, 0) is 14.8 Å². The standard InChI is InChI=1S/C22H21N5O4S2/c1-14-3-12-21(32-14)33(30,31)26-22(29)24-17-8-10-18(11-9-17)27-20(28)13-19(25-27)15-4-6-16(23-2)7-5-15/h3-12,23H,13H2,1-2H3,(H2,24,26,29). The van der Waals surface area contributed by atoms with Crippen molar-refractivity contribution in [2.24, 2.45) is 5.10 Å². The lowest BCUT2D eigenvalue weighted by atomic mass is 10.1. The number of nitrogens with one attached hydrogen (secondary N) is 3. The number of urea groups is 1. The Morgan fingerprint density at radius 1 is 1.00 bits per heavy atom. The second-order valence-electron chi connectivity index (χ2n) is 7.23. The number of hydrogen-bond acceptors (Lipinski definition) is 7. The molecule has 2 aromatic carbocycles. The van der Waals surface area contributed by atoms with E-state index >= 15 is 0 Å². The fraction of sp³-hybridized carbons (Fsp3) is 0.136. The summed E-state index contributed by atoms with van der Waals surface area (Å²) in [6.45, 7) is 1.78. The minimum Gasteiger partial charge on any atom is -0.388 e. The Bertz CT molecular complexity index is 1330. The van der Waals surface area contributed by atoms with Gasteiger partial charge in [0.25, 0.3) is 15.9 Å². The highest BCUT2D eigenvalue weighted by Gasteiger charge is 2.26. The van der Waals surface area contributed by atoms with Crippen molar-refractivity contribution in [2.75, 3.05) is 22.7 Å². The second kappa shape index (κ2) is 9.04. The third-order valence-corrected chi connectivity index (χ3v) is 7.68. The molecule has 0 fully saturated rings.